The zero-order chi connectivity index (χ0) is 13.1. The van der Waals surface area contributed by atoms with Gasteiger partial charge in [-0.2, -0.15) is 4.98 Å². The van der Waals surface area contributed by atoms with Gasteiger partial charge in [0.15, 0.2) is 0 Å². The number of pyridine rings is 1. The first-order chi connectivity index (χ1) is 9.35. The van der Waals surface area contributed by atoms with E-state index in [9.17, 15) is 0 Å². The SMILES string of the molecule is NCc1cn(Cc2nc(-c3cccnc3)no2)nn1. The van der Waals surface area contributed by atoms with Gasteiger partial charge in [0.25, 0.3) is 0 Å². The number of aromatic nitrogens is 6. The van der Waals surface area contributed by atoms with Gasteiger partial charge in [-0.1, -0.05) is 10.4 Å². The molecule has 0 spiro atoms. The predicted molar refractivity (Wildman–Crippen MR) is 64.5 cm³/mol. The van der Waals surface area contributed by atoms with Crippen LogP contribution in [0.3, 0.4) is 0 Å². The summed E-state index contributed by atoms with van der Waals surface area (Å²) in [4.78, 5) is 8.28. The number of rotatable bonds is 4. The molecule has 2 N–H and O–H groups in total. The van der Waals surface area contributed by atoms with Crippen LogP contribution in [0.25, 0.3) is 11.4 Å². The first-order valence-electron chi connectivity index (χ1n) is 5.67. The van der Waals surface area contributed by atoms with Crippen molar-refractivity contribution in [3.63, 3.8) is 0 Å². The van der Waals surface area contributed by atoms with Gasteiger partial charge in [-0.05, 0) is 12.1 Å². The van der Waals surface area contributed by atoms with E-state index in [0.717, 1.165) is 5.56 Å². The van der Waals surface area contributed by atoms with Gasteiger partial charge in [0.05, 0.1) is 11.9 Å². The summed E-state index contributed by atoms with van der Waals surface area (Å²) < 4.78 is 6.76. The molecule has 0 aliphatic carbocycles. The van der Waals surface area contributed by atoms with Crippen molar-refractivity contribution in [1.29, 1.82) is 0 Å². The molecule has 0 fully saturated rings. The topological polar surface area (TPSA) is 109 Å². The molecule has 0 atom stereocenters. The molecule has 0 aliphatic heterocycles. The van der Waals surface area contributed by atoms with Crippen LogP contribution >= 0.6 is 0 Å². The van der Waals surface area contributed by atoms with Crippen LogP contribution in [-0.2, 0) is 13.1 Å². The molecule has 3 rings (SSSR count). The smallest absolute Gasteiger partial charge is 0.248 e. The van der Waals surface area contributed by atoms with Crippen molar-refractivity contribution in [2.75, 3.05) is 0 Å². The van der Waals surface area contributed by atoms with Crippen LogP contribution < -0.4 is 5.73 Å². The molecule has 19 heavy (non-hydrogen) atoms. The monoisotopic (exact) mass is 257 g/mol. The normalized spacial score (nSPS) is 10.8. The van der Waals surface area contributed by atoms with Crippen molar-refractivity contribution in [3.8, 4) is 11.4 Å². The standard InChI is InChI=1S/C11H11N7O/c12-4-9-6-18(17-15-9)7-10-14-11(16-19-10)8-2-1-3-13-5-8/h1-3,5-6H,4,7,12H2. The summed E-state index contributed by atoms with van der Waals surface area (Å²) in [7, 11) is 0. The second-order valence-corrected chi connectivity index (χ2v) is 3.87. The van der Waals surface area contributed by atoms with Crippen molar-refractivity contribution >= 4 is 0 Å². The molecule has 3 aromatic rings. The maximum absolute atomic E-state index is 5.46. The van der Waals surface area contributed by atoms with Crippen molar-refractivity contribution in [3.05, 3.63) is 42.3 Å². The van der Waals surface area contributed by atoms with E-state index in [1.54, 1.807) is 23.3 Å². The molecule has 0 saturated carbocycles. The highest BCUT2D eigenvalue weighted by atomic mass is 16.5. The molecule has 0 aromatic carbocycles. The highest BCUT2D eigenvalue weighted by molar-refractivity contribution is 5.51. The maximum Gasteiger partial charge on any atom is 0.248 e. The third kappa shape index (κ3) is 2.47. The molecule has 8 nitrogen and oxygen atoms in total. The number of nitrogens with zero attached hydrogens (tertiary/aromatic N) is 6. The van der Waals surface area contributed by atoms with E-state index < -0.39 is 0 Å². The van der Waals surface area contributed by atoms with Crippen LogP contribution in [0.2, 0.25) is 0 Å². The number of hydrogen-bond donors (Lipinski definition) is 1. The van der Waals surface area contributed by atoms with Crippen LogP contribution in [0.4, 0.5) is 0 Å². The molecule has 8 heteroatoms. The summed E-state index contributed by atoms with van der Waals surface area (Å²) in [5.74, 6) is 0.953. The molecule has 3 aromatic heterocycles. The fraction of sp³-hybridized carbons (Fsp3) is 0.182. The first kappa shape index (κ1) is 11.5. The summed E-state index contributed by atoms with van der Waals surface area (Å²) >= 11 is 0. The van der Waals surface area contributed by atoms with Gasteiger partial charge in [0.1, 0.15) is 6.54 Å². The second kappa shape index (κ2) is 4.94. The third-order valence-corrected chi connectivity index (χ3v) is 2.48. The fourth-order valence-electron chi connectivity index (χ4n) is 1.58. The Balaban J connectivity index is 1.78. The summed E-state index contributed by atoms with van der Waals surface area (Å²) in [6.45, 7) is 0.713. The fourth-order valence-corrected chi connectivity index (χ4v) is 1.58. The van der Waals surface area contributed by atoms with Crippen molar-refractivity contribution in [2.24, 2.45) is 5.73 Å². The Labute approximate surface area is 108 Å². The summed E-state index contributed by atoms with van der Waals surface area (Å²) in [5.41, 5.74) is 6.98. The lowest BCUT2D eigenvalue weighted by atomic mass is 10.3. The van der Waals surface area contributed by atoms with Crippen LogP contribution in [-0.4, -0.2) is 30.1 Å². The number of hydrogen-bond acceptors (Lipinski definition) is 7. The molecule has 96 valence electrons. The first-order valence-corrected chi connectivity index (χ1v) is 5.67. The van der Waals surface area contributed by atoms with Crippen molar-refractivity contribution in [2.45, 2.75) is 13.1 Å². The Kier molecular flexibility index (Phi) is 2.99. The summed E-state index contributed by atoms with van der Waals surface area (Å²) in [5, 5.41) is 11.7. The largest absolute Gasteiger partial charge is 0.337 e. The zero-order valence-electron chi connectivity index (χ0n) is 9.97. The van der Waals surface area contributed by atoms with E-state index in [0.29, 0.717) is 30.5 Å². The molecule has 0 amide bonds. The van der Waals surface area contributed by atoms with Crippen molar-refractivity contribution in [1.82, 2.24) is 30.1 Å². The predicted octanol–water partition coefficient (Wildman–Crippen LogP) is 0.230. The van der Waals surface area contributed by atoms with Gasteiger partial charge in [-0.3, -0.25) is 4.98 Å². The summed E-state index contributed by atoms with van der Waals surface area (Å²) in [6, 6.07) is 3.68. The Hall–Kier alpha value is -2.61. The Morgan fingerprint density at radius 2 is 2.32 bits per heavy atom. The molecule has 0 radical (unpaired) electrons. The van der Waals surface area contributed by atoms with Crippen molar-refractivity contribution < 1.29 is 4.52 Å². The highest BCUT2D eigenvalue weighted by Gasteiger charge is 2.10. The Bertz CT molecular complexity index is 661. The minimum absolute atomic E-state index is 0.352. The van der Waals surface area contributed by atoms with E-state index >= 15 is 0 Å². The van der Waals surface area contributed by atoms with E-state index in [1.807, 2.05) is 12.1 Å². The summed E-state index contributed by atoms with van der Waals surface area (Å²) in [6.07, 6.45) is 5.11. The minimum atomic E-state index is 0.352. The van der Waals surface area contributed by atoms with Gasteiger partial charge in [-0.15, -0.1) is 5.10 Å². The lowest BCUT2D eigenvalue weighted by Crippen LogP contribution is -2.00. The van der Waals surface area contributed by atoms with Gasteiger partial charge in [0, 0.05) is 24.5 Å². The average Bonchev–Trinajstić information content (AvgIpc) is 3.09. The van der Waals surface area contributed by atoms with Gasteiger partial charge in [-0.25, -0.2) is 4.68 Å². The van der Waals surface area contributed by atoms with Gasteiger partial charge < -0.3 is 10.3 Å². The highest BCUT2D eigenvalue weighted by Crippen LogP contribution is 2.13. The maximum atomic E-state index is 5.46. The number of nitrogens with two attached hydrogens (primary N) is 1. The van der Waals surface area contributed by atoms with E-state index in [1.165, 1.54) is 0 Å². The van der Waals surface area contributed by atoms with E-state index in [2.05, 4.69) is 25.4 Å². The quantitative estimate of drug-likeness (QED) is 0.712. The van der Waals surface area contributed by atoms with Gasteiger partial charge in [0.2, 0.25) is 11.7 Å². The van der Waals surface area contributed by atoms with Crippen LogP contribution in [0.1, 0.15) is 11.6 Å². The van der Waals surface area contributed by atoms with E-state index in [4.69, 9.17) is 10.3 Å². The molecule has 0 saturated heterocycles. The Morgan fingerprint density at radius 3 is 3.05 bits per heavy atom. The van der Waals surface area contributed by atoms with Crippen LogP contribution in [0, 0.1) is 0 Å². The molecule has 0 aliphatic rings. The minimum Gasteiger partial charge on any atom is -0.337 e. The second-order valence-electron chi connectivity index (χ2n) is 3.87. The average molecular weight is 257 g/mol. The zero-order valence-corrected chi connectivity index (χ0v) is 9.97. The molecule has 0 bridgehead atoms. The van der Waals surface area contributed by atoms with Crippen LogP contribution in [0.15, 0.2) is 35.2 Å². The van der Waals surface area contributed by atoms with Gasteiger partial charge >= 0.3 is 0 Å². The Morgan fingerprint density at radius 1 is 1.37 bits per heavy atom. The molecular weight excluding hydrogens is 246 g/mol. The third-order valence-electron chi connectivity index (χ3n) is 2.48. The lowest BCUT2D eigenvalue weighted by Gasteiger charge is -1.92. The lowest BCUT2D eigenvalue weighted by molar-refractivity contribution is 0.364. The van der Waals surface area contributed by atoms with E-state index in [-0.39, 0.29) is 0 Å². The van der Waals surface area contributed by atoms with Crippen LogP contribution in [0.5, 0.6) is 0 Å². The molecule has 3 heterocycles. The molecular formula is C11H11N7O. The molecule has 0 unspecified atom stereocenters.